The predicted molar refractivity (Wildman–Crippen MR) is 75.0 cm³/mol. The topological polar surface area (TPSA) is 87.1 Å². The number of aromatic nitrogens is 2. The lowest BCUT2D eigenvalue weighted by molar-refractivity contribution is 0.0599. The number of halogens is 1. The van der Waals surface area contributed by atoms with Gasteiger partial charge in [-0.15, -0.1) is 5.10 Å². The third-order valence-electron chi connectivity index (χ3n) is 2.87. The first-order valence-corrected chi connectivity index (χ1v) is 6.28. The Labute approximate surface area is 121 Å². The van der Waals surface area contributed by atoms with Crippen LogP contribution in [-0.4, -0.2) is 27.9 Å². The molecule has 0 saturated heterocycles. The van der Waals surface area contributed by atoms with Crippen LogP contribution in [-0.2, 0) is 5.60 Å². The van der Waals surface area contributed by atoms with E-state index in [4.69, 9.17) is 0 Å². The molecule has 2 rings (SSSR count). The number of urea groups is 1. The van der Waals surface area contributed by atoms with E-state index >= 15 is 0 Å². The van der Waals surface area contributed by atoms with E-state index in [-0.39, 0.29) is 12.4 Å². The van der Waals surface area contributed by atoms with Crippen molar-refractivity contribution >= 4 is 11.8 Å². The quantitative estimate of drug-likeness (QED) is 0.799. The van der Waals surface area contributed by atoms with E-state index < -0.39 is 11.6 Å². The van der Waals surface area contributed by atoms with Crippen LogP contribution in [0.4, 0.5) is 15.0 Å². The van der Waals surface area contributed by atoms with E-state index in [0.717, 1.165) is 0 Å². The van der Waals surface area contributed by atoms with E-state index in [1.807, 2.05) is 0 Å². The molecule has 0 saturated carbocycles. The molecule has 0 bridgehead atoms. The highest BCUT2D eigenvalue weighted by Gasteiger charge is 2.23. The smallest absolute Gasteiger partial charge is 0.320 e. The van der Waals surface area contributed by atoms with E-state index in [9.17, 15) is 14.3 Å². The second kappa shape index (κ2) is 6.27. The standard InChI is InChI=1S/C14H15FN4O2/c1-14(21,10-4-6-11(15)7-5-10)9-16-13(20)18-12-3-2-8-17-19-12/h2-8,21H,9H2,1H3,(H2,16,18,19,20). The van der Waals surface area contributed by atoms with E-state index in [2.05, 4.69) is 20.8 Å². The number of nitrogens with zero attached hydrogens (tertiary/aromatic N) is 2. The van der Waals surface area contributed by atoms with Crippen molar-refractivity contribution in [2.24, 2.45) is 0 Å². The molecule has 0 radical (unpaired) electrons. The van der Waals surface area contributed by atoms with Gasteiger partial charge in [0, 0.05) is 6.20 Å². The number of amides is 2. The van der Waals surface area contributed by atoms with Crippen LogP contribution in [0.1, 0.15) is 12.5 Å². The summed E-state index contributed by atoms with van der Waals surface area (Å²) in [7, 11) is 0. The minimum Gasteiger partial charge on any atom is -0.384 e. The fraction of sp³-hybridized carbons (Fsp3) is 0.214. The van der Waals surface area contributed by atoms with E-state index in [0.29, 0.717) is 11.4 Å². The van der Waals surface area contributed by atoms with Crippen molar-refractivity contribution in [1.29, 1.82) is 0 Å². The first-order chi connectivity index (χ1) is 9.97. The molecule has 2 aromatic rings. The second-order valence-electron chi connectivity index (χ2n) is 4.70. The summed E-state index contributed by atoms with van der Waals surface area (Å²) in [4.78, 5) is 11.7. The van der Waals surface area contributed by atoms with Crippen LogP contribution in [0.2, 0.25) is 0 Å². The molecule has 7 heteroatoms. The van der Waals surface area contributed by atoms with Crippen molar-refractivity contribution in [2.75, 3.05) is 11.9 Å². The molecule has 1 atom stereocenters. The average molecular weight is 290 g/mol. The number of anilines is 1. The second-order valence-corrected chi connectivity index (χ2v) is 4.70. The third-order valence-corrected chi connectivity index (χ3v) is 2.87. The van der Waals surface area contributed by atoms with Crippen molar-refractivity contribution in [1.82, 2.24) is 15.5 Å². The number of carbonyl (C=O) groups is 1. The summed E-state index contributed by atoms with van der Waals surface area (Å²) in [5, 5.41) is 22.6. The monoisotopic (exact) mass is 290 g/mol. The number of benzene rings is 1. The summed E-state index contributed by atoms with van der Waals surface area (Å²) >= 11 is 0. The van der Waals surface area contributed by atoms with Crippen LogP contribution < -0.4 is 10.6 Å². The SMILES string of the molecule is CC(O)(CNC(=O)Nc1cccnn1)c1ccc(F)cc1. The number of nitrogens with one attached hydrogen (secondary N) is 2. The lowest BCUT2D eigenvalue weighted by Gasteiger charge is -2.24. The first kappa shape index (κ1) is 14.9. The molecule has 1 unspecified atom stereocenters. The summed E-state index contributed by atoms with van der Waals surface area (Å²) < 4.78 is 12.9. The Morgan fingerprint density at radius 2 is 2.05 bits per heavy atom. The molecule has 0 aliphatic heterocycles. The summed E-state index contributed by atoms with van der Waals surface area (Å²) in [6, 6.07) is 8.15. The zero-order valence-corrected chi connectivity index (χ0v) is 11.4. The number of hydrogen-bond donors (Lipinski definition) is 3. The predicted octanol–water partition coefficient (Wildman–Crippen LogP) is 1.64. The zero-order chi connectivity index (χ0) is 15.3. The molecule has 1 aromatic heterocycles. The Morgan fingerprint density at radius 3 is 2.67 bits per heavy atom. The largest absolute Gasteiger partial charge is 0.384 e. The van der Waals surface area contributed by atoms with Gasteiger partial charge in [0.15, 0.2) is 5.82 Å². The zero-order valence-electron chi connectivity index (χ0n) is 11.4. The highest BCUT2D eigenvalue weighted by Crippen LogP contribution is 2.19. The summed E-state index contributed by atoms with van der Waals surface area (Å²) in [5.41, 5.74) is -0.809. The van der Waals surface area contributed by atoms with Gasteiger partial charge < -0.3 is 10.4 Å². The highest BCUT2D eigenvalue weighted by molar-refractivity contribution is 5.88. The fourth-order valence-electron chi connectivity index (χ4n) is 1.69. The maximum Gasteiger partial charge on any atom is 0.320 e. The van der Waals surface area contributed by atoms with Crippen LogP contribution in [0.15, 0.2) is 42.6 Å². The molecule has 0 aliphatic rings. The van der Waals surface area contributed by atoms with Crippen molar-refractivity contribution < 1.29 is 14.3 Å². The van der Waals surface area contributed by atoms with Crippen LogP contribution in [0, 0.1) is 5.82 Å². The third kappa shape index (κ3) is 4.22. The van der Waals surface area contributed by atoms with Gasteiger partial charge in [0.05, 0.1) is 6.54 Å². The van der Waals surface area contributed by atoms with Crippen molar-refractivity contribution in [3.63, 3.8) is 0 Å². The average Bonchev–Trinajstić information content (AvgIpc) is 2.47. The summed E-state index contributed by atoms with van der Waals surface area (Å²) in [6.45, 7) is 1.49. The molecule has 2 amide bonds. The van der Waals surface area contributed by atoms with Gasteiger partial charge in [-0.1, -0.05) is 12.1 Å². The summed E-state index contributed by atoms with van der Waals surface area (Å²) in [6.07, 6.45) is 1.49. The highest BCUT2D eigenvalue weighted by atomic mass is 19.1. The van der Waals surface area contributed by atoms with Gasteiger partial charge in [0.25, 0.3) is 0 Å². The van der Waals surface area contributed by atoms with Crippen LogP contribution in [0.25, 0.3) is 0 Å². The molecule has 110 valence electrons. The fourth-order valence-corrected chi connectivity index (χ4v) is 1.69. The number of aliphatic hydroxyl groups is 1. The molecular weight excluding hydrogens is 275 g/mol. The Hall–Kier alpha value is -2.54. The van der Waals surface area contributed by atoms with Gasteiger partial charge in [-0.25, -0.2) is 9.18 Å². The normalized spacial score (nSPS) is 13.3. The van der Waals surface area contributed by atoms with Crippen molar-refractivity contribution in [3.05, 3.63) is 54.0 Å². The lowest BCUT2D eigenvalue weighted by atomic mass is 9.96. The van der Waals surface area contributed by atoms with Gasteiger partial charge in [-0.05, 0) is 36.8 Å². The minimum absolute atomic E-state index is 0.0370. The first-order valence-electron chi connectivity index (χ1n) is 6.28. The van der Waals surface area contributed by atoms with Crippen molar-refractivity contribution in [3.8, 4) is 0 Å². The maximum atomic E-state index is 12.9. The number of rotatable bonds is 4. The Balaban J connectivity index is 1.92. The molecule has 0 spiro atoms. The molecule has 1 aromatic carbocycles. The molecule has 3 N–H and O–H groups in total. The van der Waals surface area contributed by atoms with Gasteiger partial charge >= 0.3 is 6.03 Å². The maximum absolute atomic E-state index is 12.9. The summed E-state index contributed by atoms with van der Waals surface area (Å²) in [5.74, 6) is -0.0840. The van der Waals surface area contributed by atoms with Crippen LogP contribution in [0.3, 0.4) is 0 Å². The molecule has 0 aliphatic carbocycles. The van der Waals surface area contributed by atoms with Crippen molar-refractivity contribution in [2.45, 2.75) is 12.5 Å². The van der Waals surface area contributed by atoms with Gasteiger partial charge in [0.1, 0.15) is 11.4 Å². The molecule has 21 heavy (non-hydrogen) atoms. The lowest BCUT2D eigenvalue weighted by Crippen LogP contribution is -2.40. The van der Waals surface area contributed by atoms with E-state index in [1.165, 1.54) is 37.4 Å². The van der Waals surface area contributed by atoms with Gasteiger partial charge in [-0.3, -0.25) is 5.32 Å². The molecular formula is C14H15FN4O2. The van der Waals surface area contributed by atoms with Gasteiger partial charge in [-0.2, -0.15) is 5.10 Å². The minimum atomic E-state index is -1.31. The van der Waals surface area contributed by atoms with Crippen LogP contribution >= 0.6 is 0 Å². The van der Waals surface area contributed by atoms with E-state index in [1.54, 1.807) is 12.1 Å². The van der Waals surface area contributed by atoms with Gasteiger partial charge in [0.2, 0.25) is 0 Å². The molecule has 6 nitrogen and oxygen atoms in total. The van der Waals surface area contributed by atoms with Crippen LogP contribution in [0.5, 0.6) is 0 Å². The Morgan fingerprint density at radius 1 is 1.33 bits per heavy atom. The molecule has 1 heterocycles. The Bertz CT molecular complexity index is 602. The number of hydrogen-bond acceptors (Lipinski definition) is 4. The molecule has 0 fully saturated rings. The number of carbonyl (C=O) groups excluding carboxylic acids is 1. The Kier molecular flexibility index (Phi) is 4.44.